The zero-order valence-corrected chi connectivity index (χ0v) is 9.30. The molecule has 15 heavy (non-hydrogen) atoms. The van der Waals surface area contributed by atoms with E-state index in [1.54, 1.807) is 0 Å². The summed E-state index contributed by atoms with van der Waals surface area (Å²) in [5.41, 5.74) is 0.599. The Morgan fingerprint density at radius 1 is 1.20 bits per heavy atom. The van der Waals surface area contributed by atoms with Crippen molar-refractivity contribution in [3.63, 3.8) is 0 Å². The molecular weight excluding hydrogens is 188 g/mol. The highest BCUT2D eigenvalue weighted by molar-refractivity contribution is 5.06. The Kier molecular flexibility index (Phi) is 1.65. The molecule has 1 saturated carbocycles. The monoisotopic (exact) mass is 208 g/mol. The Morgan fingerprint density at radius 2 is 2.00 bits per heavy atom. The first-order valence-electron chi connectivity index (χ1n) is 6.42. The van der Waals surface area contributed by atoms with Crippen molar-refractivity contribution < 1.29 is 4.74 Å². The number of fused-ring (bicyclic) bond motifs is 2. The van der Waals surface area contributed by atoms with E-state index < -0.39 is 0 Å². The Bertz CT molecular complexity index is 269. The molecule has 84 valence electrons. The molecule has 4 saturated heterocycles. The summed E-state index contributed by atoms with van der Waals surface area (Å²) in [6.07, 6.45) is 5.43. The molecule has 2 spiro atoms. The van der Waals surface area contributed by atoms with Crippen molar-refractivity contribution in [2.45, 2.75) is 31.4 Å². The first-order chi connectivity index (χ1) is 7.30. The molecule has 0 aromatic carbocycles. The minimum atomic E-state index is 0.0460. The number of hydrogen-bond donors (Lipinski definition) is 1. The van der Waals surface area contributed by atoms with Gasteiger partial charge in [0.05, 0.1) is 6.61 Å². The zero-order valence-electron chi connectivity index (χ0n) is 9.30. The molecular formula is C12H20N2O. The van der Waals surface area contributed by atoms with Crippen LogP contribution in [0.15, 0.2) is 0 Å². The van der Waals surface area contributed by atoms with Gasteiger partial charge in [0.1, 0.15) is 5.72 Å². The summed E-state index contributed by atoms with van der Waals surface area (Å²) in [7, 11) is 0. The first kappa shape index (κ1) is 8.97. The largest absolute Gasteiger partial charge is 0.358 e. The van der Waals surface area contributed by atoms with Crippen LogP contribution in [0.4, 0.5) is 0 Å². The molecule has 4 aliphatic heterocycles. The van der Waals surface area contributed by atoms with Gasteiger partial charge in [-0.2, -0.15) is 0 Å². The van der Waals surface area contributed by atoms with Crippen LogP contribution < -0.4 is 5.32 Å². The lowest BCUT2D eigenvalue weighted by Crippen LogP contribution is -2.70. The van der Waals surface area contributed by atoms with Crippen molar-refractivity contribution in [3.05, 3.63) is 0 Å². The average molecular weight is 208 g/mol. The van der Waals surface area contributed by atoms with Crippen molar-refractivity contribution in [2.24, 2.45) is 11.3 Å². The van der Waals surface area contributed by atoms with Gasteiger partial charge < -0.3 is 4.74 Å². The lowest BCUT2D eigenvalue weighted by atomic mass is 9.79. The SMILES string of the molecule is C1CN2CCC1C1(C2)NCC2(CC2)CO1. The maximum absolute atomic E-state index is 6.27. The van der Waals surface area contributed by atoms with Gasteiger partial charge in [0.25, 0.3) is 0 Å². The second-order valence-electron chi connectivity index (χ2n) is 6.08. The molecule has 1 N–H and O–H groups in total. The second-order valence-corrected chi connectivity index (χ2v) is 6.08. The fourth-order valence-electron chi connectivity index (χ4n) is 3.60. The third-order valence-electron chi connectivity index (χ3n) is 5.06. The molecule has 0 radical (unpaired) electrons. The molecule has 3 heteroatoms. The highest BCUT2D eigenvalue weighted by Gasteiger charge is 2.55. The number of nitrogens with zero attached hydrogens (tertiary/aromatic N) is 1. The maximum atomic E-state index is 6.27. The van der Waals surface area contributed by atoms with Gasteiger partial charge >= 0.3 is 0 Å². The van der Waals surface area contributed by atoms with Crippen LogP contribution in [0.5, 0.6) is 0 Å². The number of ether oxygens (including phenoxy) is 1. The van der Waals surface area contributed by atoms with E-state index in [0.717, 1.165) is 19.1 Å². The smallest absolute Gasteiger partial charge is 0.134 e. The predicted octanol–water partition coefficient (Wildman–Crippen LogP) is 0.808. The summed E-state index contributed by atoms with van der Waals surface area (Å²) in [4.78, 5) is 2.57. The summed E-state index contributed by atoms with van der Waals surface area (Å²) in [6, 6.07) is 0. The van der Waals surface area contributed by atoms with E-state index in [0.29, 0.717) is 5.41 Å². The van der Waals surface area contributed by atoms with Gasteiger partial charge in [-0.05, 0) is 38.8 Å². The van der Waals surface area contributed by atoms with E-state index in [9.17, 15) is 0 Å². The van der Waals surface area contributed by atoms with Crippen LogP contribution in [0, 0.1) is 11.3 Å². The Labute approximate surface area is 91.2 Å². The first-order valence-corrected chi connectivity index (χ1v) is 6.42. The van der Waals surface area contributed by atoms with E-state index in [2.05, 4.69) is 10.2 Å². The fourth-order valence-corrected chi connectivity index (χ4v) is 3.60. The summed E-state index contributed by atoms with van der Waals surface area (Å²) in [6.45, 7) is 5.95. The third-order valence-corrected chi connectivity index (χ3v) is 5.06. The molecule has 1 unspecified atom stereocenters. The van der Waals surface area contributed by atoms with Crippen molar-refractivity contribution in [2.75, 3.05) is 32.8 Å². The lowest BCUT2D eigenvalue weighted by Gasteiger charge is -2.55. The van der Waals surface area contributed by atoms with Crippen LogP contribution in [0.2, 0.25) is 0 Å². The van der Waals surface area contributed by atoms with Crippen molar-refractivity contribution in [1.29, 1.82) is 0 Å². The molecule has 5 rings (SSSR count). The Morgan fingerprint density at radius 3 is 2.47 bits per heavy atom. The molecule has 0 amide bonds. The number of hydrogen-bond acceptors (Lipinski definition) is 3. The van der Waals surface area contributed by atoms with Crippen LogP contribution in [0.1, 0.15) is 25.7 Å². The molecule has 1 aliphatic carbocycles. The Hall–Kier alpha value is -0.120. The van der Waals surface area contributed by atoms with Gasteiger partial charge in [-0.3, -0.25) is 10.2 Å². The van der Waals surface area contributed by atoms with Crippen molar-refractivity contribution >= 4 is 0 Å². The lowest BCUT2D eigenvalue weighted by molar-refractivity contribution is -0.203. The summed E-state index contributed by atoms with van der Waals surface area (Å²) >= 11 is 0. The van der Waals surface area contributed by atoms with Gasteiger partial charge in [0, 0.05) is 24.4 Å². The van der Waals surface area contributed by atoms with Crippen LogP contribution in [0.25, 0.3) is 0 Å². The molecule has 0 aromatic heterocycles. The molecule has 5 fully saturated rings. The average Bonchev–Trinajstić information content (AvgIpc) is 3.06. The molecule has 4 heterocycles. The van der Waals surface area contributed by atoms with E-state index in [-0.39, 0.29) is 5.72 Å². The van der Waals surface area contributed by atoms with Crippen LogP contribution in [0.3, 0.4) is 0 Å². The highest BCUT2D eigenvalue weighted by Crippen LogP contribution is 2.50. The van der Waals surface area contributed by atoms with Gasteiger partial charge in [-0.25, -0.2) is 0 Å². The maximum Gasteiger partial charge on any atom is 0.134 e. The molecule has 5 aliphatic rings. The topological polar surface area (TPSA) is 24.5 Å². The molecule has 0 aromatic rings. The predicted molar refractivity (Wildman–Crippen MR) is 57.5 cm³/mol. The van der Waals surface area contributed by atoms with Gasteiger partial charge in [-0.15, -0.1) is 0 Å². The van der Waals surface area contributed by atoms with E-state index in [4.69, 9.17) is 4.74 Å². The molecule has 3 nitrogen and oxygen atoms in total. The summed E-state index contributed by atoms with van der Waals surface area (Å²) < 4.78 is 6.27. The Balaban J connectivity index is 1.55. The standard InChI is InChI=1S/C12H20N2O/c1-5-14-6-2-10(1)12(8-14)13-7-11(3-4-11)9-15-12/h10,13H,1-9H2. The number of rotatable bonds is 0. The highest BCUT2D eigenvalue weighted by atomic mass is 16.5. The second kappa shape index (κ2) is 2.76. The van der Waals surface area contributed by atoms with E-state index in [1.165, 1.54) is 45.3 Å². The van der Waals surface area contributed by atoms with Crippen LogP contribution in [-0.2, 0) is 4.74 Å². The van der Waals surface area contributed by atoms with E-state index in [1.807, 2.05) is 0 Å². The van der Waals surface area contributed by atoms with Crippen LogP contribution in [-0.4, -0.2) is 43.4 Å². The quantitative estimate of drug-likeness (QED) is 0.637. The minimum Gasteiger partial charge on any atom is -0.358 e. The summed E-state index contributed by atoms with van der Waals surface area (Å²) in [5, 5.41) is 3.75. The molecule has 2 bridgehead atoms. The van der Waals surface area contributed by atoms with E-state index >= 15 is 0 Å². The normalized spacial score (nSPS) is 51.2. The third kappa shape index (κ3) is 1.23. The van der Waals surface area contributed by atoms with Crippen molar-refractivity contribution in [1.82, 2.24) is 10.2 Å². The zero-order chi connectivity index (χ0) is 9.93. The van der Waals surface area contributed by atoms with Crippen molar-refractivity contribution in [3.8, 4) is 0 Å². The van der Waals surface area contributed by atoms with Gasteiger partial charge in [0.15, 0.2) is 0 Å². The minimum absolute atomic E-state index is 0.0460. The summed E-state index contributed by atoms with van der Waals surface area (Å²) in [5.74, 6) is 0.776. The van der Waals surface area contributed by atoms with Crippen LogP contribution >= 0.6 is 0 Å². The molecule has 1 atom stereocenters. The van der Waals surface area contributed by atoms with Gasteiger partial charge in [0.2, 0.25) is 0 Å². The number of piperidine rings is 3. The van der Waals surface area contributed by atoms with Gasteiger partial charge in [-0.1, -0.05) is 0 Å². The fraction of sp³-hybridized carbons (Fsp3) is 1.00. The number of nitrogens with one attached hydrogen (secondary N) is 1.